The maximum atomic E-state index is 13.5. The molecule has 0 aliphatic carbocycles. The zero-order valence-electron chi connectivity index (χ0n) is 11.8. The molecule has 0 radical (unpaired) electrons. The summed E-state index contributed by atoms with van der Waals surface area (Å²) in [4.78, 5) is 13.5. The van der Waals surface area contributed by atoms with Crippen molar-refractivity contribution >= 4 is 29.2 Å². The van der Waals surface area contributed by atoms with Crippen molar-refractivity contribution in [3.05, 3.63) is 33.6 Å². The number of carbonyl (C=O) groups is 1. The van der Waals surface area contributed by atoms with Gasteiger partial charge in [0.05, 0.1) is 11.1 Å². The first-order valence-electron chi connectivity index (χ1n) is 6.52. The largest absolute Gasteiger partial charge is 0.331 e. The highest BCUT2D eigenvalue weighted by Gasteiger charge is 2.17. The molecule has 0 aliphatic heterocycles. The number of benzene rings is 1. The Labute approximate surface area is 129 Å². The summed E-state index contributed by atoms with van der Waals surface area (Å²) in [6.45, 7) is 4.49. The molecule has 2 amide bonds. The van der Waals surface area contributed by atoms with Gasteiger partial charge in [-0.25, -0.2) is 9.18 Å². The van der Waals surface area contributed by atoms with Crippen molar-refractivity contribution in [1.29, 1.82) is 0 Å². The predicted octanol–water partition coefficient (Wildman–Crippen LogP) is 4.64. The van der Waals surface area contributed by atoms with Crippen LogP contribution in [0.5, 0.6) is 0 Å². The summed E-state index contributed by atoms with van der Waals surface area (Å²) in [6, 6.07) is 1.99. The fraction of sp³-hybridized carbons (Fsp3) is 0.500. The van der Waals surface area contributed by atoms with Crippen LogP contribution < -0.4 is 5.32 Å². The number of hydrogen-bond acceptors (Lipinski definition) is 1. The van der Waals surface area contributed by atoms with Gasteiger partial charge >= 0.3 is 6.03 Å². The van der Waals surface area contributed by atoms with Gasteiger partial charge in [-0.3, -0.25) is 0 Å². The monoisotopic (exact) mass is 320 g/mol. The highest BCUT2D eigenvalue weighted by molar-refractivity contribution is 6.35. The number of unbranched alkanes of at least 4 members (excludes halogenated alkanes) is 1. The van der Waals surface area contributed by atoms with Crippen LogP contribution in [0.3, 0.4) is 0 Å². The number of nitrogens with one attached hydrogen (secondary N) is 1. The molecule has 1 aromatic rings. The summed E-state index contributed by atoms with van der Waals surface area (Å²) in [7, 11) is 1.72. The predicted molar refractivity (Wildman–Crippen MR) is 80.9 cm³/mol. The number of hydrogen-bond donors (Lipinski definition) is 1. The smallest absolute Gasteiger partial charge is 0.317 e. The van der Waals surface area contributed by atoms with Gasteiger partial charge < -0.3 is 10.2 Å². The molecular weight excluding hydrogens is 302 g/mol. The molecule has 1 rings (SSSR count). The van der Waals surface area contributed by atoms with Gasteiger partial charge in [0.1, 0.15) is 5.82 Å². The second-order valence-corrected chi connectivity index (χ2v) is 5.55. The van der Waals surface area contributed by atoms with Crippen molar-refractivity contribution in [3.8, 4) is 0 Å². The Morgan fingerprint density at radius 1 is 1.40 bits per heavy atom. The van der Waals surface area contributed by atoms with Crippen LogP contribution >= 0.6 is 23.2 Å². The zero-order valence-corrected chi connectivity index (χ0v) is 13.4. The number of rotatable bonds is 5. The van der Waals surface area contributed by atoms with Gasteiger partial charge in [0.25, 0.3) is 0 Å². The molecule has 20 heavy (non-hydrogen) atoms. The van der Waals surface area contributed by atoms with Crippen molar-refractivity contribution in [2.75, 3.05) is 13.6 Å². The number of halogens is 3. The number of urea groups is 1. The van der Waals surface area contributed by atoms with Crippen LogP contribution in [0, 0.1) is 5.82 Å². The van der Waals surface area contributed by atoms with Crippen molar-refractivity contribution in [1.82, 2.24) is 10.2 Å². The first-order valence-corrected chi connectivity index (χ1v) is 7.28. The molecule has 1 aromatic carbocycles. The third kappa shape index (κ3) is 4.53. The highest BCUT2D eigenvalue weighted by Crippen LogP contribution is 2.28. The van der Waals surface area contributed by atoms with E-state index in [0.717, 1.165) is 12.8 Å². The fourth-order valence-electron chi connectivity index (χ4n) is 1.74. The number of amides is 2. The Morgan fingerprint density at radius 3 is 2.65 bits per heavy atom. The van der Waals surface area contributed by atoms with E-state index >= 15 is 0 Å². The van der Waals surface area contributed by atoms with Crippen LogP contribution in [0.4, 0.5) is 9.18 Å². The third-order valence-electron chi connectivity index (χ3n) is 3.04. The molecule has 0 heterocycles. The van der Waals surface area contributed by atoms with Crippen LogP contribution in [0.25, 0.3) is 0 Å². The van der Waals surface area contributed by atoms with E-state index in [0.29, 0.717) is 17.1 Å². The lowest BCUT2D eigenvalue weighted by molar-refractivity contribution is 0.205. The Bertz CT molecular complexity index is 482. The third-order valence-corrected chi connectivity index (χ3v) is 3.66. The van der Waals surface area contributed by atoms with Gasteiger partial charge in [-0.1, -0.05) is 36.5 Å². The maximum absolute atomic E-state index is 13.5. The summed E-state index contributed by atoms with van der Waals surface area (Å²) in [6.07, 6.45) is 1.95. The number of nitrogens with zero attached hydrogens (tertiary/aromatic N) is 1. The maximum Gasteiger partial charge on any atom is 0.317 e. The first-order chi connectivity index (χ1) is 9.36. The first kappa shape index (κ1) is 17.1. The van der Waals surface area contributed by atoms with Crippen LogP contribution in [0.1, 0.15) is 38.3 Å². The molecule has 1 atom stereocenters. The summed E-state index contributed by atoms with van der Waals surface area (Å²) >= 11 is 11.7. The molecule has 0 saturated carbocycles. The highest BCUT2D eigenvalue weighted by atomic mass is 35.5. The molecule has 1 N–H and O–H groups in total. The molecule has 0 bridgehead atoms. The van der Waals surface area contributed by atoms with E-state index in [2.05, 4.69) is 12.2 Å². The van der Waals surface area contributed by atoms with Gasteiger partial charge in [0.2, 0.25) is 0 Å². The lowest BCUT2D eigenvalue weighted by Gasteiger charge is -2.22. The molecular formula is C14H19Cl2FN2O. The molecule has 0 aliphatic rings. The molecule has 112 valence electrons. The van der Waals surface area contributed by atoms with E-state index < -0.39 is 11.9 Å². The van der Waals surface area contributed by atoms with Gasteiger partial charge in [0, 0.05) is 18.6 Å². The van der Waals surface area contributed by atoms with Crippen molar-refractivity contribution < 1.29 is 9.18 Å². The van der Waals surface area contributed by atoms with Crippen LogP contribution in [0.15, 0.2) is 12.1 Å². The van der Waals surface area contributed by atoms with Crippen LogP contribution in [-0.2, 0) is 0 Å². The summed E-state index contributed by atoms with van der Waals surface area (Å²) in [5.41, 5.74) is 0.505. The van der Waals surface area contributed by atoms with Crippen molar-refractivity contribution in [3.63, 3.8) is 0 Å². The van der Waals surface area contributed by atoms with E-state index in [1.54, 1.807) is 18.9 Å². The van der Waals surface area contributed by atoms with E-state index in [4.69, 9.17) is 23.2 Å². The van der Waals surface area contributed by atoms with E-state index in [9.17, 15) is 9.18 Å². The second kappa shape index (κ2) is 7.70. The van der Waals surface area contributed by atoms with Crippen LogP contribution in [-0.4, -0.2) is 24.5 Å². The molecule has 3 nitrogen and oxygen atoms in total. The Hall–Kier alpha value is -1.00. The normalized spacial score (nSPS) is 12.1. The minimum atomic E-state index is -0.550. The SMILES string of the molecule is CCCCN(C)C(=O)NC(C)c1cc(F)c(Cl)cc1Cl. The summed E-state index contributed by atoms with van der Waals surface area (Å²) in [5.74, 6) is -0.550. The Balaban J connectivity index is 2.73. The van der Waals surface area contributed by atoms with Crippen molar-refractivity contribution in [2.45, 2.75) is 32.7 Å². The average Bonchev–Trinajstić information content (AvgIpc) is 2.39. The van der Waals surface area contributed by atoms with E-state index in [1.807, 2.05) is 0 Å². The molecule has 1 unspecified atom stereocenters. The lowest BCUT2D eigenvalue weighted by Crippen LogP contribution is -2.39. The van der Waals surface area contributed by atoms with Crippen LogP contribution in [0.2, 0.25) is 10.0 Å². The molecule has 0 aromatic heterocycles. The minimum Gasteiger partial charge on any atom is -0.331 e. The molecule has 6 heteroatoms. The standard InChI is InChI=1S/C14H19Cl2FN2O/c1-4-5-6-19(3)14(20)18-9(2)10-7-13(17)12(16)8-11(10)15/h7-9H,4-6H2,1-3H3,(H,18,20). The quantitative estimate of drug-likeness (QED) is 0.788. The zero-order chi connectivity index (χ0) is 15.3. The van der Waals surface area contributed by atoms with Gasteiger partial charge in [0.15, 0.2) is 0 Å². The average molecular weight is 321 g/mol. The molecule has 0 spiro atoms. The summed E-state index contributed by atoms with van der Waals surface area (Å²) < 4.78 is 13.5. The van der Waals surface area contributed by atoms with E-state index in [-0.39, 0.29) is 11.1 Å². The lowest BCUT2D eigenvalue weighted by atomic mass is 10.1. The minimum absolute atomic E-state index is 0.0302. The van der Waals surface area contributed by atoms with Crippen molar-refractivity contribution in [2.24, 2.45) is 0 Å². The van der Waals surface area contributed by atoms with Gasteiger partial charge in [-0.2, -0.15) is 0 Å². The second-order valence-electron chi connectivity index (χ2n) is 4.73. The number of carbonyl (C=O) groups excluding carboxylic acids is 1. The van der Waals surface area contributed by atoms with Gasteiger partial charge in [-0.15, -0.1) is 0 Å². The Morgan fingerprint density at radius 2 is 2.05 bits per heavy atom. The molecule has 0 fully saturated rings. The van der Waals surface area contributed by atoms with E-state index in [1.165, 1.54) is 12.1 Å². The topological polar surface area (TPSA) is 32.3 Å². The molecule has 0 saturated heterocycles. The van der Waals surface area contributed by atoms with Gasteiger partial charge in [-0.05, 0) is 31.0 Å². The Kier molecular flexibility index (Phi) is 6.56. The summed E-state index contributed by atoms with van der Waals surface area (Å²) in [5, 5.41) is 3.09. The fourth-order valence-corrected chi connectivity index (χ4v) is 2.29.